The largest absolute Gasteiger partial charge is 0.478 e. The SMILES string of the molecule is CCCN(c1ccncc1)c1noc2ccccc12.O=C(O)/C=C\C(=O)O. The minimum atomic E-state index is -1.26. The van der Waals surface area contributed by atoms with E-state index in [1.807, 2.05) is 36.4 Å². The maximum atomic E-state index is 9.55. The summed E-state index contributed by atoms with van der Waals surface area (Å²) >= 11 is 0. The van der Waals surface area contributed by atoms with Crippen LogP contribution < -0.4 is 4.90 Å². The van der Waals surface area contributed by atoms with Crippen LogP contribution in [0.5, 0.6) is 0 Å². The van der Waals surface area contributed by atoms with E-state index in [1.165, 1.54) is 0 Å². The molecular weight excluding hydrogens is 350 g/mol. The smallest absolute Gasteiger partial charge is 0.328 e. The first-order valence-electron chi connectivity index (χ1n) is 8.18. The maximum Gasteiger partial charge on any atom is 0.328 e. The predicted molar refractivity (Wildman–Crippen MR) is 100.0 cm³/mol. The summed E-state index contributed by atoms with van der Waals surface area (Å²) in [6.07, 6.45) is 5.73. The quantitative estimate of drug-likeness (QED) is 0.634. The van der Waals surface area contributed by atoms with Gasteiger partial charge in [-0.1, -0.05) is 24.2 Å². The Balaban J connectivity index is 0.000000279. The van der Waals surface area contributed by atoms with Crippen molar-refractivity contribution in [2.45, 2.75) is 13.3 Å². The normalized spacial score (nSPS) is 10.4. The zero-order valence-corrected chi connectivity index (χ0v) is 14.6. The number of para-hydroxylation sites is 1. The van der Waals surface area contributed by atoms with E-state index in [2.05, 4.69) is 22.0 Å². The molecule has 0 saturated carbocycles. The lowest BCUT2D eigenvalue weighted by Crippen LogP contribution is -2.18. The van der Waals surface area contributed by atoms with E-state index < -0.39 is 11.9 Å². The van der Waals surface area contributed by atoms with Gasteiger partial charge in [0.1, 0.15) is 0 Å². The molecule has 140 valence electrons. The molecule has 0 aliphatic carbocycles. The fourth-order valence-electron chi connectivity index (χ4n) is 2.31. The van der Waals surface area contributed by atoms with Crippen LogP contribution in [0.15, 0.2) is 65.5 Å². The highest BCUT2D eigenvalue weighted by molar-refractivity contribution is 5.90. The molecule has 0 spiro atoms. The average molecular weight is 369 g/mol. The Kier molecular flexibility index (Phi) is 7.07. The van der Waals surface area contributed by atoms with Crippen molar-refractivity contribution >= 4 is 34.4 Å². The van der Waals surface area contributed by atoms with Crippen molar-refractivity contribution in [2.24, 2.45) is 0 Å². The average Bonchev–Trinajstić information content (AvgIpc) is 3.09. The van der Waals surface area contributed by atoms with Gasteiger partial charge in [0.25, 0.3) is 0 Å². The molecule has 0 atom stereocenters. The maximum absolute atomic E-state index is 9.55. The van der Waals surface area contributed by atoms with Crippen molar-refractivity contribution in [3.05, 3.63) is 60.9 Å². The molecule has 0 bridgehead atoms. The zero-order chi connectivity index (χ0) is 19.6. The number of aliphatic carboxylic acids is 2. The highest BCUT2D eigenvalue weighted by Crippen LogP contribution is 2.31. The van der Waals surface area contributed by atoms with E-state index in [0.29, 0.717) is 12.2 Å². The Morgan fingerprint density at radius 3 is 2.30 bits per heavy atom. The number of pyridine rings is 1. The summed E-state index contributed by atoms with van der Waals surface area (Å²) in [4.78, 5) is 25.3. The molecular formula is C19H19N3O5. The highest BCUT2D eigenvalue weighted by Gasteiger charge is 2.16. The van der Waals surface area contributed by atoms with Gasteiger partial charge in [0.15, 0.2) is 11.4 Å². The number of carboxylic acids is 2. The van der Waals surface area contributed by atoms with E-state index in [0.717, 1.165) is 35.4 Å². The molecule has 8 nitrogen and oxygen atoms in total. The lowest BCUT2D eigenvalue weighted by molar-refractivity contribution is -0.134. The van der Waals surface area contributed by atoms with Crippen LogP contribution in [0.3, 0.4) is 0 Å². The van der Waals surface area contributed by atoms with Crippen molar-refractivity contribution in [3.8, 4) is 0 Å². The number of hydrogen-bond acceptors (Lipinski definition) is 6. The van der Waals surface area contributed by atoms with Crippen LogP contribution in [0.25, 0.3) is 11.0 Å². The molecule has 2 N–H and O–H groups in total. The van der Waals surface area contributed by atoms with Crippen molar-refractivity contribution in [1.29, 1.82) is 0 Å². The summed E-state index contributed by atoms with van der Waals surface area (Å²) in [6.45, 7) is 3.04. The summed E-state index contributed by atoms with van der Waals surface area (Å²) in [5.41, 5.74) is 1.89. The number of rotatable bonds is 6. The summed E-state index contributed by atoms with van der Waals surface area (Å²) < 4.78 is 5.39. The Morgan fingerprint density at radius 2 is 1.70 bits per heavy atom. The van der Waals surface area contributed by atoms with Crippen LogP contribution in [-0.4, -0.2) is 38.8 Å². The first kappa shape index (κ1) is 19.6. The lowest BCUT2D eigenvalue weighted by Gasteiger charge is -2.21. The number of benzene rings is 1. The summed E-state index contributed by atoms with van der Waals surface area (Å²) in [5, 5.41) is 20.9. The molecule has 0 aliphatic heterocycles. The number of carbonyl (C=O) groups is 2. The summed E-state index contributed by atoms with van der Waals surface area (Å²) in [5.74, 6) is -1.65. The molecule has 3 rings (SSSR count). The van der Waals surface area contributed by atoms with E-state index in [-0.39, 0.29) is 0 Å². The van der Waals surface area contributed by atoms with Crippen LogP contribution in [0.1, 0.15) is 13.3 Å². The third-order valence-corrected chi connectivity index (χ3v) is 3.40. The number of anilines is 2. The number of aromatic nitrogens is 2. The minimum absolute atomic E-state index is 0.558. The molecule has 0 radical (unpaired) electrons. The van der Waals surface area contributed by atoms with Gasteiger partial charge in [-0.15, -0.1) is 0 Å². The number of nitrogens with zero attached hydrogens (tertiary/aromatic N) is 3. The molecule has 0 amide bonds. The van der Waals surface area contributed by atoms with Gasteiger partial charge in [-0.05, 0) is 30.7 Å². The second-order valence-electron chi connectivity index (χ2n) is 5.37. The molecule has 27 heavy (non-hydrogen) atoms. The third kappa shape index (κ3) is 5.67. The Bertz CT molecular complexity index is 905. The molecule has 0 saturated heterocycles. The summed E-state index contributed by atoms with van der Waals surface area (Å²) in [7, 11) is 0. The van der Waals surface area contributed by atoms with Crippen molar-refractivity contribution in [3.63, 3.8) is 0 Å². The monoisotopic (exact) mass is 369 g/mol. The number of carboxylic acid groups (broad SMARTS) is 2. The van der Waals surface area contributed by atoms with E-state index >= 15 is 0 Å². The van der Waals surface area contributed by atoms with Gasteiger partial charge in [-0.25, -0.2) is 9.59 Å². The summed E-state index contributed by atoms with van der Waals surface area (Å²) in [6, 6.07) is 11.9. The third-order valence-electron chi connectivity index (χ3n) is 3.40. The molecule has 3 aromatic rings. The van der Waals surface area contributed by atoms with Gasteiger partial charge in [0.2, 0.25) is 0 Å². The lowest BCUT2D eigenvalue weighted by atomic mass is 10.2. The molecule has 0 unspecified atom stereocenters. The van der Waals surface area contributed by atoms with E-state index in [9.17, 15) is 9.59 Å². The Labute approximate surface area is 155 Å². The van der Waals surface area contributed by atoms with E-state index in [4.69, 9.17) is 14.7 Å². The molecule has 0 fully saturated rings. The van der Waals surface area contributed by atoms with Gasteiger partial charge in [-0.2, -0.15) is 0 Å². The highest BCUT2D eigenvalue weighted by atomic mass is 16.5. The van der Waals surface area contributed by atoms with Gasteiger partial charge >= 0.3 is 11.9 Å². The second kappa shape index (κ2) is 9.71. The predicted octanol–water partition coefficient (Wildman–Crippen LogP) is 3.48. The standard InChI is InChI=1S/C15H15N3O.C4H4O4/c1-2-11-18(12-7-9-16-10-8-12)15-13-5-3-4-6-14(13)19-17-15;5-3(6)1-2-4(7)8/h3-10H,2,11H2,1H3;1-2H,(H,5,6)(H,7,8)/b;2-1-. The molecule has 1 aromatic carbocycles. The topological polar surface area (TPSA) is 117 Å². The Hall–Kier alpha value is -3.68. The van der Waals surface area contributed by atoms with Crippen LogP contribution >= 0.6 is 0 Å². The fourth-order valence-corrected chi connectivity index (χ4v) is 2.31. The van der Waals surface area contributed by atoms with Crippen LogP contribution in [0, 0.1) is 0 Å². The molecule has 2 aromatic heterocycles. The fraction of sp³-hybridized carbons (Fsp3) is 0.158. The van der Waals surface area contributed by atoms with Crippen molar-refractivity contribution in [1.82, 2.24) is 10.1 Å². The van der Waals surface area contributed by atoms with Gasteiger partial charge in [0, 0.05) is 36.8 Å². The van der Waals surface area contributed by atoms with Crippen molar-refractivity contribution in [2.75, 3.05) is 11.4 Å². The zero-order valence-electron chi connectivity index (χ0n) is 14.6. The molecule has 2 heterocycles. The molecule has 0 aliphatic rings. The first-order chi connectivity index (χ1) is 13.0. The van der Waals surface area contributed by atoms with Crippen LogP contribution in [0.4, 0.5) is 11.5 Å². The van der Waals surface area contributed by atoms with Crippen molar-refractivity contribution < 1.29 is 24.3 Å². The van der Waals surface area contributed by atoms with Crippen LogP contribution in [0.2, 0.25) is 0 Å². The van der Waals surface area contributed by atoms with Gasteiger partial charge in [-0.3, -0.25) is 4.98 Å². The van der Waals surface area contributed by atoms with E-state index in [1.54, 1.807) is 12.4 Å². The number of fused-ring (bicyclic) bond motifs is 1. The van der Waals surface area contributed by atoms with Gasteiger partial charge in [0.05, 0.1) is 5.39 Å². The van der Waals surface area contributed by atoms with Crippen LogP contribution in [-0.2, 0) is 9.59 Å². The van der Waals surface area contributed by atoms with Gasteiger partial charge < -0.3 is 19.6 Å². The number of hydrogen-bond donors (Lipinski definition) is 2. The second-order valence-corrected chi connectivity index (χ2v) is 5.37. The Morgan fingerprint density at radius 1 is 1.07 bits per heavy atom. The first-order valence-corrected chi connectivity index (χ1v) is 8.18. The molecule has 8 heteroatoms. The minimum Gasteiger partial charge on any atom is -0.478 e.